The van der Waals surface area contributed by atoms with E-state index in [9.17, 15) is 19.8 Å². The van der Waals surface area contributed by atoms with E-state index in [0.717, 1.165) is 0 Å². The minimum absolute atomic E-state index is 0.0336. The average Bonchev–Trinajstić information content (AvgIpc) is 2.78. The van der Waals surface area contributed by atoms with E-state index < -0.39 is 29.2 Å². The highest BCUT2D eigenvalue weighted by Gasteiger charge is 2.54. The minimum atomic E-state index is -1.98. The summed E-state index contributed by atoms with van der Waals surface area (Å²) in [5, 5.41) is 20.9. The first-order valence-electron chi connectivity index (χ1n) is 7.28. The fourth-order valence-electron chi connectivity index (χ4n) is 2.89. The Labute approximate surface area is 129 Å². The van der Waals surface area contributed by atoms with Gasteiger partial charge in [0.1, 0.15) is 11.7 Å². The van der Waals surface area contributed by atoms with E-state index in [0.29, 0.717) is 12.0 Å². The van der Waals surface area contributed by atoms with Crippen molar-refractivity contribution in [3.63, 3.8) is 0 Å². The predicted molar refractivity (Wildman–Crippen MR) is 77.7 cm³/mol. The minimum Gasteiger partial charge on any atom is -0.426 e. The molecule has 1 heterocycles. The van der Waals surface area contributed by atoms with Crippen LogP contribution < -0.4 is 0 Å². The fraction of sp³-hybridized carbons (Fsp3) is 0.625. The average molecular weight is 310 g/mol. The van der Waals surface area contributed by atoms with E-state index in [1.54, 1.807) is 6.92 Å². The smallest absolute Gasteiger partial charge is 0.339 e. The predicted octanol–water partition coefficient (Wildman–Crippen LogP) is 0.869. The quantitative estimate of drug-likeness (QED) is 0.748. The molecule has 6 heteroatoms. The van der Waals surface area contributed by atoms with Crippen molar-refractivity contribution in [2.24, 2.45) is 5.92 Å². The molecule has 2 N–H and O–H groups in total. The molecule has 1 unspecified atom stereocenters. The van der Waals surface area contributed by atoms with Gasteiger partial charge in [-0.3, -0.25) is 4.79 Å². The number of ether oxygens (including phenoxy) is 2. The standard InChI is InChI=1S/C16H22O6/c1-9(2)7-15(21-4)8-11(14(19)22-15)16(20)6-5-10(3)12(17)13(16)18/h5,8-9,13,18,20H,6-7H2,1-4H3/t13-,15?,16+/m1/s1. The number of carbonyl (C=O) groups excluding carboxylic acids is 2. The SMILES string of the molecule is COC1(CC(C)C)C=C([C@@]2(O)CC=C(C)C(=O)[C@H]2O)C(=O)O1. The monoisotopic (exact) mass is 310 g/mol. The summed E-state index contributed by atoms with van der Waals surface area (Å²) in [6, 6.07) is 0. The highest BCUT2D eigenvalue weighted by molar-refractivity contribution is 6.03. The van der Waals surface area contributed by atoms with Crippen LogP contribution in [0.4, 0.5) is 0 Å². The molecule has 0 aromatic heterocycles. The maximum absolute atomic E-state index is 12.2. The van der Waals surface area contributed by atoms with Crippen LogP contribution in [0, 0.1) is 5.92 Å². The van der Waals surface area contributed by atoms with Crippen molar-refractivity contribution in [1.29, 1.82) is 0 Å². The molecular formula is C16H22O6. The van der Waals surface area contributed by atoms with Gasteiger partial charge in [-0.15, -0.1) is 0 Å². The number of rotatable bonds is 4. The van der Waals surface area contributed by atoms with Gasteiger partial charge < -0.3 is 19.7 Å². The summed E-state index contributed by atoms with van der Waals surface area (Å²) in [5.74, 6) is -2.46. The largest absolute Gasteiger partial charge is 0.426 e. The molecule has 0 fully saturated rings. The molecule has 2 aliphatic rings. The lowest BCUT2D eigenvalue weighted by Gasteiger charge is -2.34. The van der Waals surface area contributed by atoms with E-state index in [4.69, 9.17) is 9.47 Å². The molecular weight excluding hydrogens is 288 g/mol. The number of methoxy groups -OCH3 is 1. The van der Waals surface area contributed by atoms with Gasteiger partial charge in [-0.05, 0) is 18.4 Å². The molecule has 0 saturated carbocycles. The fourth-order valence-corrected chi connectivity index (χ4v) is 2.89. The Morgan fingerprint density at radius 1 is 1.45 bits per heavy atom. The Morgan fingerprint density at radius 2 is 2.09 bits per heavy atom. The number of Topliss-reactive ketones (excluding diaryl/α,β-unsaturated/α-hetero) is 1. The third kappa shape index (κ3) is 2.62. The van der Waals surface area contributed by atoms with Crippen LogP contribution in [-0.4, -0.2) is 46.6 Å². The van der Waals surface area contributed by atoms with Crippen molar-refractivity contribution >= 4 is 11.8 Å². The topological polar surface area (TPSA) is 93.1 Å². The molecule has 122 valence electrons. The summed E-state index contributed by atoms with van der Waals surface area (Å²) >= 11 is 0. The second-order valence-electron chi connectivity index (χ2n) is 6.34. The summed E-state index contributed by atoms with van der Waals surface area (Å²) < 4.78 is 10.6. The van der Waals surface area contributed by atoms with Crippen molar-refractivity contribution in [1.82, 2.24) is 0 Å². The zero-order valence-electron chi connectivity index (χ0n) is 13.3. The molecule has 3 atom stereocenters. The van der Waals surface area contributed by atoms with E-state index in [-0.39, 0.29) is 17.9 Å². The zero-order valence-corrected chi connectivity index (χ0v) is 13.3. The van der Waals surface area contributed by atoms with Gasteiger partial charge in [0, 0.05) is 26.0 Å². The third-order valence-corrected chi connectivity index (χ3v) is 4.16. The maximum Gasteiger partial charge on any atom is 0.339 e. The zero-order chi connectivity index (χ0) is 16.7. The van der Waals surface area contributed by atoms with Gasteiger partial charge in [-0.1, -0.05) is 19.9 Å². The molecule has 0 spiro atoms. The van der Waals surface area contributed by atoms with Crippen LogP contribution in [0.5, 0.6) is 0 Å². The number of aliphatic hydroxyl groups excluding tert-OH is 1. The second-order valence-corrected chi connectivity index (χ2v) is 6.34. The Kier molecular flexibility index (Phi) is 4.30. The lowest BCUT2D eigenvalue weighted by atomic mass is 9.77. The highest BCUT2D eigenvalue weighted by atomic mass is 16.7. The first kappa shape index (κ1) is 16.9. The molecule has 1 aliphatic carbocycles. The molecule has 0 radical (unpaired) electrons. The summed E-state index contributed by atoms with van der Waals surface area (Å²) in [6.07, 6.45) is 1.59. The van der Waals surface area contributed by atoms with Gasteiger partial charge in [-0.2, -0.15) is 0 Å². The number of carbonyl (C=O) groups is 2. The normalized spacial score (nSPS) is 35.5. The van der Waals surface area contributed by atoms with Crippen LogP contribution in [0.3, 0.4) is 0 Å². The van der Waals surface area contributed by atoms with Gasteiger partial charge in [-0.25, -0.2) is 4.79 Å². The van der Waals surface area contributed by atoms with E-state index >= 15 is 0 Å². The molecule has 0 saturated heterocycles. The van der Waals surface area contributed by atoms with Crippen molar-refractivity contribution < 1.29 is 29.3 Å². The molecule has 0 aromatic carbocycles. The van der Waals surface area contributed by atoms with Crippen molar-refractivity contribution in [3.8, 4) is 0 Å². The molecule has 0 amide bonds. The summed E-state index contributed by atoms with van der Waals surface area (Å²) in [6.45, 7) is 5.45. The van der Waals surface area contributed by atoms with E-state index in [1.165, 1.54) is 19.3 Å². The first-order chi connectivity index (χ1) is 10.1. The van der Waals surface area contributed by atoms with Crippen LogP contribution in [0.25, 0.3) is 0 Å². The van der Waals surface area contributed by atoms with Gasteiger partial charge in [0.05, 0.1) is 5.57 Å². The molecule has 1 aliphatic heterocycles. The van der Waals surface area contributed by atoms with Gasteiger partial charge in [0.15, 0.2) is 5.78 Å². The Bertz CT molecular complexity index is 561. The van der Waals surface area contributed by atoms with Crippen LogP contribution in [0.2, 0.25) is 0 Å². The third-order valence-electron chi connectivity index (χ3n) is 4.16. The molecule has 2 rings (SSSR count). The number of hydrogen-bond acceptors (Lipinski definition) is 6. The van der Waals surface area contributed by atoms with Crippen LogP contribution in [0.15, 0.2) is 23.3 Å². The summed E-state index contributed by atoms with van der Waals surface area (Å²) in [7, 11) is 1.41. The number of esters is 1. The Hall–Kier alpha value is -1.50. The molecule has 0 bridgehead atoms. The van der Waals surface area contributed by atoms with Crippen LogP contribution in [0.1, 0.15) is 33.6 Å². The number of hydrogen-bond donors (Lipinski definition) is 2. The van der Waals surface area contributed by atoms with Crippen LogP contribution >= 0.6 is 0 Å². The summed E-state index contributed by atoms with van der Waals surface area (Å²) in [4.78, 5) is 24.1. The van der Waals surface area contributed by atoms with E-state index in [1.807, 2.05) is 13.8 Å². The Morgan fingerprint density at radius 3 is 2.64 bits per heavy atom. The second kappa shape index (κ2) is 5.61. The first-order valence-corrected chi connectivity index (χ1v) is 7.28. The lowest BCUT2D eigenvalue weighted by molar-refractivity contribution is -0.194. The summed E-state index contributed by atoms with van der Waals surface area (Å²) in [5.41, 5.74) is -1.74. The highest BCUT2D eigenvalue weighted by Crippen LogP contribution is 2.40. The molecule has 6 nitrogen and oxygen atoms in total. The van der Waals surface area contributed by atoms with Crippen molar-refractivity contribution in [2.75, 3.05) is 7.11 Å². The van der Waals surface area contributed by atoms with Crippen molar-refractivity contribution in [3.05, 3.63) is 23.3 Å². The lowest BCUT2D eigenvalue weighted by Crippen LogP contribution is -2.52. The maximum atomic E-state index is 12.2. The van der Waals surface area contributed by atoms with Gasteiger partial charge in [0.2, 0.25) is 5.79 Å². The van der Waals surface area contributed by atoms with Gasteiger partial charge in [0.25, 0.3) is 0 Å². The number of ketones is 1. The van der Waals surface area contributed by atoms with Crippen molar-refractivity contribution in [2.45, 2.75) is 51.1 Å². The number of aliphatic hydroxyl groups is 2. The van der Waals surface area contributed by atoms with Gasteiger partial charge >= 0.3 is 5.97 Å². The molecule has 22 heavy (non-hydrogen) atoms. The molecule has 0 aromatic rings. The Balaban J connectivity index is 2.43. The number of cyclic esters (lactones) is 1. The van der Waals surface area contributed by atoms with E-state index in [2.05, 4.69) is 0 Å². The van der Waals surface area contributed by atoms with Crippen LogP contribution in [-0.2, 0) is 19.1 Å².